The Labute approximate surface area is 121 Å². The molecule has 2 unspecified atom stereocenters. The van der Waals surface area contributed by atoms with E-state index in [0.29, 0.717) is 12.2 Å². The van der Waals surface area contributed by atoms with E-state index >= 15 is 0 Å². The van der Waals surface area contributed by atoms with E-state index in [1.165, 1.54) is 6.07 Å². The Bertz CT molecular complexity index is 495. The summed E-state index contributed by atoms with van der Waals surface area (Å²) < 4.78 is 57.4. The molecule has 21 heavy (non-hydrogen) atoms. The third-order valence-electron chi connectivity index (χ3n) is 4.03. The van der Waals surface area contributed by atoms with Crippen LogP contribution in [0.25, 0.3) is 0 Å². The van der Waals surface area contributed by atoms with Crippen molar-refractivity contribution in [1.82, 2.24) is 5.32 Å². The molecule has 2 rings (SSSR count). The molecule has 0 bridgehead atoms. The highest BCUT2D eigenvalue weighted by Crippen LogP contribution is 2.38. The van der Waals surface area contributed by atoms with Gasteiger partial charge in [0.25, 0.3) is 0 Å². The van der Waals surface area contributed by atoms with E-state index in [1.807, 2.05) is 6.92 Å². The maximum absolute atomic E-state index is 13.7. The van der Waals surface area contributed by atoms with Crippen molar-refractivity contribution >= 4 is 0 Å². The Morgan fingerprint density at radius 1 is 1.29 bits per heavy atom. The van der Waals surface area contributed by atoms with Gasteiger partial charge in [-0.3, -0.25) is 0 Å². The molecule has 118 valence electrons. The zero-order chi connectivity index (χ0) is 15.7. The number of halogens is 4. The number of rotatable bonds is 3. The first-order chi connectivity index (χ1) is 9.78. The van der Waals surface area contributed by atoms with Crippen molar-refractivity contribution in [3.05, 3.63) is 35.1 Å². The first kappa shape index (κ1) is 16.2. The third kappa shape index (κ3) is 3.37. The standard InChI is InChI=1S/C15H19F4NO/c1-14(7-3-4-8-21-14)13(20-2)10-5-6-11(12(16)9-10)15(17,18)19/h5-6,9,13,20H,3-4,7-8H2,1-2H3. The molecule has 0 aliphatic carbocycles. The Hall–Kier alpha value is -1.14. The number of ether oxygens (including phenoxy) is 1. The summed E-state index contributed by atoms with van der Waals surface area (Å²) >= 11 is 0. The summed E-state index contributed by atoms with van der Waals surface area (Å²) in [5, 5.41) is 3.04. The highest BCUT2D eigenvalue weighted by molar-refractivity contribution is 5.30. The topological polar surface area (TPSA) is 21.3 Å². The molecule has 6 heteroatoms. The fraction of sp³-hybridized carbons (Fsp3) is 0.600. The molecule has 1 fully saturated rings. The molecule has 1 aromatic rings. The molecule has 0 spiro atoms. The van der Waals surface area contributed by atoms with Gasteiger partial charge in [0, 0.05) is 6.61 Å². The smallest absolute Gasteiger partial charge is 0.373 e. The second kappa shape index (κ2) is 5.93. The average Bonchev–Trinajstić information content (AvgIpc) is 2.38. The lowest BCUT2D eigenvalue weighted by Crippen LogP contribution is -2.44. The van der Waals surface area contributed by atoms with Crippen LogP contribution < -0.4 is 5.32 Å². The zero-order valence-electron chi connectivity index (χ0n) is 12.1. The SMILES string of the molecule is CNC(c1ccc(C(F)(F)F)c(F)c1)C1(C)CCCCO1. The lowest BCUT2D eigenvalue weighted by Gasteiger charge is -2.40. The summed E-state index contributed by atoms with van der Waals surface area (Å²) in [6.45, 7) is 2.51. The Morgan fingerprint density at radius 3 is 2.48 bits per heavy atom. The molecule has 1 N–H and O–H groups in total. The number of likely N-dealkylation sites (N-methyl/N-ethyl adjacent to an activating group) is 1. The predicted molar refractivity (Wildman–Crippen MR) is 71.4 cm³/mol. The third-order valence-corrected chi connectivity index (χ3v) is 4.03. The van der Waals surface area contributed by atoms with E-state index in [2.05, 4.69) is 5.32 Å². The second-order valence-corrected chi connectivity index (χ2v) is 5.58. The molecule has 2 nitrogen and oxygen atoms in total. The average molecular weight is 305 g/mol. The minimum Gasteiger partial charge on any atom is -0.373 e. The lowest BCUT2D eigenvalue weighted by molar-refractivity contribution is -0.140. The molecule has 1 aliphatic heterocycles. The van der Waals surface area contributed by atoms with Gasteiger partial charge in [0.05, 0.1) is 17.2 Å². The fourth-order valence-electron chi connectivity index (χ4n) is 2.95. The van der Waals surface area contributed by atoms with E-state index in [-0.39, 0.29) is 6.04 Å². The van der Waals surface area contributed by atoms with Gasteiger partial charge >= 0.3 is 6.18 Å². The Kier molecular flexibility index (Phi) is 4.58. The summed E-state index contributed by atoms with van der Waals surface area (Å²) in [4.78, 5) is 0. The fourth-order valence-corrected chi connectivity index (χ4v) is 2.95. The minimum absolute atomic E-state index is 0.352. The molecule has 1 heterocycles. The second-order valence-electron chi connectivity index (χ2n) is 5.58. The maximum atomic E-state index is 13.7. The van der Waals surface area contributed by atoms with Gasteiger partial charge in [-0.05, 0) is 50.9 Å². The van der Waals surface area contributed by atoms with Gasteiger partial charge in [-0.1, -0.05) is 6.07 Å². The quantitative estimate of drug-likeness (QED) is 0.850. The van der Waals surface area contributed by atoms with Crippen LogP contribution in [0.3, 0.4) is 0 Å². The van der Waals surface area contributed by atoms with Crippen LogP contribution in [0, 0.1) is 5.82 Å². The van der Waals surface area contributed by atoms with Crippen LogP contribution in [0.15, 0.2) is 18.2 Å². The molecule has 1 aliphatic rings. The van der Waals surface area contributed by atoms with Crippen LogP contribution in [0.5, 0.6) is 0 Å². The Morgan fingerprint density at radius 2 is 2.00 bits per heavy atom. The number of hydrogen-bond donors (Lipinski definition) is 1. The van der Waals surface area contributed by atoms with Crippen molar-refractivity contribution in [3.8, 4) is 0 Å². The maximum Gasteiger partial charge on any atom is 0.419 e. The minimum atomic E-state index is -4.68. The van der Waals surface area contributed by atoms with E-state index in [1.54, 1.807) is 7.05 Å². The van der Waals surface area contributed by atoms with Gasteiger partial charge < -0.3 is 10.1 Å². The van der Waals surface area contributed by atoms with Crippen LogP contribution in [-0.2, 0) is 10.9 Å². The number of hydrogen-bond acceptors (Lipinski definition) is 2. The molecule has 2 atom stereocenters. The number of benzene rings is 1. The summed E-state index contributed by atoms with van der Waals surface area (Å²) in [7, 11) is 1.70. The van der Waals surface area contributed by atoms with Crippen LogP contribution in [0.1, 0.15) is 43.4 Å². The molecule has 0 amide bonds. The van der Waals surface area contributed by atoms with Crippen molar-refractivity contribution in [2.24, 2.45) is 0 Å². The van der Waals surface area contributed by atoms with Gasteiger partial charge in [0.1, 0.15) is 5.82 Å². The van der Waals surface area contributed by atoms with Crippen LogP contribution in [-0.4, -0.2) is 19.3 Å². The monoisotopic (exact) mass is 305 g/mol. The zero-order valence-corrected chi connectivity index (χ0v) is 12.1. The summed E-state index contributed by atoms with van der Waals surface area (Å²) in [5.41, 5.74) is -1.32. The van der Waals surface area contributed by atoms with E-state index in [9.17, 15) is 17.6 Å². The van der Waals surface area contributed by atoms with E-state index in [4.69, 9.17) is 4.74 Å². The van der Waals surface area contributed by atoms with Gasteiger partial charge in [0.15, 0.2) is 0 Å². The summed E-state index contributed by atoms with van der Waals surface area (Å²) in [5.74, 6) is -1.25. The van der Waals surface area contributed by atoms with Crippen molar-refractivity contribution in [3.63, 3.8) is 0 Å². The van der Waals surface area contributed by atoms with E-state index in [0.717, 1.165) is 31.4 Å². The van der Waals surface area contributed by atoms with Crippen LogP contribution in [0.4, 0.5) is 17.6 Å². The molecule has 1 saturated heterocycles. The molecule has 0 saturated carbocycles. The van der Waals surface area contributed by atoms with Crippen LogP contribution >= 0.6 is 0 Å². The summed E-state index contributed by atoms with van der Waals surface area (Å²) in [6.07, 6.45) is -1.95. The molecule has 0 aromatic heterocycles. The van der Waals surface area contributed by atoms with Crippen molar-refractivity contribution < 1.29 is 22.3 Å². The van der Waals surface area contributed by atoms with E-state index < -0.39 is 23.2 Å². The molecule has 1 aromatic carbocycles. The van der Waals surface area contributed by atoms with Gasteiger partial charge in [0.2, 0.25) is 0 Å². The normalized spacial score (nSPS) is 24.9. The van der Waals surface area contributed by atoms with Gasteiger partial charge in [-0.15, -0.1) is 0 Å². The highest BCUT2D eigenvalue weighted by Gasteiger charge is 2.39. The Balaban J connectivity index is 2.33. The van der Waals surface area contributed by atoms with Gasteiger partial charge in [-0.2, -0.15) is 13.2 Å². The number of alkyl halides is 3. The number of nitrogens with one attached hydrogen (secondary N) is 1. The first-order valence-electron chi connectivity index (χ1n) is 6.96. The van der Waals surface area contributed by atoms with Gasteiger partial charge in [-0.25, -0.2) is 4.39 Å². The molecular weight excluding hydrogens is 286 g/mol. The lowest BCUT2D eigenvalue weighted by atomic mass is 9.84. The highest BCUT2D eigenvalue weighted by atomic mass is 19.4. The molecular formula is C15H19F4NO. The summed E-state index contributed by atoms with van der Waals surface area (Å²) in [6, 6.07) is 2.71. The predicted octanol–water partition coefficient (Wildman–Crippen LogP) is 4.06. The first-order valence-corrected chi connectivity index (χ1v) is 6.96. The van der Waals surface area contributed by atoms with Crippen molar-refractivity contribution in [2.75, 3.05) is 13.7 Å². The van der Waals surface area contributed by atoms with Crippen molar-refractivity contribution in [2.45, 2.75) is 44.0 Å². The van der Waals surface area contributed by atoms with Crippen LogP contribution in [0.2, 0.25) is 0 Å². The van der Waals surface area contributed by atoms with Crippen molar-refractivity contribution in [1.29, 1.82) is 0 Å². The molecule has 0 radical (unpaired) electrons. The largest absolute Gasteiger partial charge is 0.419 e.